The Hall–Kier alpha value is -4.25. The molecule has 0 aliphatic heterocycles. The van der Waals surface area contributed by atoms with Crippen LogP contribution in [0.2, 0.25) is 0 Å². The molecule has 4 rings (SSSR count). The van der Waals surface area contributed by atoms with Gasteiger partial charge >= 0.3 is 0 Å². The van der Waals surface area contributed by atoms with Crippen LogP contribution < -0.4 is 25.0 Å². The van der Waals surface area contributed by atoms with Crippen molar-refractivity contribution in [2.75, 3.05) is 27.6 Å². The number of rotatable bonds is 9. The molecular weight excluding hydrogens is 524 g/mol. The summed E-state index contributed by atoms with van der Waals surface area (Å²) in [5, 5.41) is 12.7. The lowest BCUT2D eigenvalue weighted by molar-refractivity contribution is -0.763. The maximum atomic E-state index is 13.3. The molecule has 0 heterocycles. The summed E-state index contributed by atoms with van der Waals surface area (Å²) in [6, 6.07) is 13.0. The maximum absolute atomic E-state index is 13.3. The van der Waals surface area contributed by atoms with Crippen molar-refractivity contribution < 1.29 is 28.9 Å². The van der Waals surface area contributed by atoms with E-state index in [0.717, 1.165) is 16.7 Å². The van der Waals surface area contributed by atoms with Crippen LogP contribution in [-0.2, 0) is 17.9 Å². The van der Waals surface area contributed by atoms with Crippen LogP contribution in [0, 0.1) is 10.1 Å². The van der Waals surface area contributed by atoms with Crippen LogP contribution in [0.15, 0.2) is 58.2 Å². The number of amides is 1. The Bertz CT molecular complexity index is 1460. The summed E-state index contributed by atoms with van der Waals surface area (Å²) in [7, 11) is 4.65. The predicted molar refractivity (Wildman–Crippen MR) is 146 cm³/mol. The van der Waals surface area contributed by atoms with Crippen molar-refractivity contribution in [3.05, 3.63) is 91.1 Å². The van der Waals surface area contributed by atoms with Gasteiger partial charge in [-0.05, 0) is 71.7 Å². The molecule has 10 nitrogen and oxygen atoms in total. The average Bonchev–Trinajstić information content (AvgIpc) is 3.19. The number of ether oxygens (including phenoxy) is 3. The van der Waals surface area contributed by atoms with Crippen LogP contribution in [-0.4, -0.2) is 38.6 Å². The molecule has 1 atom stereocenters. The molecule has 39 heavy (non-hydrogen) atoms. The van der Waals surface area contributed by atoms with E-state index >= 15 is 0 Å². The number of methoxy groups -OCH3 is 3. The van der Waals surface area contributed by atoms with Gasteiger partial charge in [-0.3, -0.25) is 9.59 Å². The third-order valence-corrected chi connectivity index (χ3v) is 7.36. The van der Waals surface area contributed by atoms with Crippen molar-refractivity contribution in [2.24, 2.45) is 0 Å². The number of carbonyl (C=O) groups is 1. The molecular formula is C28H28N2O8S. The van der Waals surface area contributed by atoms with E-state index in [2.05, 4.69) is 10.2 Å². The summed E-state index contributed by atoms with van der Waals surface area (Å²) in [6.45, 7) is -0.210. The first-order chi connectivity index (χ1) is 18.8. The molecule has 0 saturated carbocycles. The molecule has 1 aliphatic carbocycles. The van der Waals surface area contributed by atoms with Crippen molar-refractivity contribution in [3.8, 4) is 28.4 Å². The Morgan fingerprint density at radius 1 is 1.05 bits per heavy atom. The Balaban J connectivity index is 1.79. The first-order valence-corrected chi connectivity index (χ1v) is 13.2. The van der Waals surface area contributed by atoms with E-state index < -0.39 is 11.1 Å². The highest BCUT2D eigenvalue weighted by Gasteiger charge is 2.30. The molecule has 0 spiro atoms. The van der Waals surface area contributed by atoms with Gasteiger partial charge in [-0.1, -0.05) is 18.2 Å². The lowest BCUT2D eigenvalue weighted by Gasteiger charge is -2.20. The first kappa shape index (κ1) is 27.8. The van der Waals surface area contributed by atoms with E-state index in [0.29, 0.717) is 51.7 Å². The standard InChI is InChI=1S/C28H28N2O8S/c1-35-23-13-18-9-11-21(29-28(32)17-7-5-16(6-8-17)15-38-30(33)34)20-14-22(31)24(39-4)12-10-19(20)25(18)27(37-3)26(23)36-2/h5-8,10,12-14,21H,9,11,15H2,1-4H3,(H,29,32)/t21-/m0/s1. The topological polar surface area (TPSA) is 126 Å². The van der Waals surface area contributed by atoms with Crippen molar-refractivity contribution in [1.29, 1.82) is 0 Å². The van der Waals surface area contributed by atoms with Crippen molar-refractivity contribution >= 4 is 17.7 Å². The molecule has 0 aromatic heterocycles. The SMILES string of the molecule is COc1cc2c(c(OC)c1OC)-c1ccc(SC)c(=O)cc1[C@@H](NC(=O)c1ccc(CO[N+](=O)[O-])cc1)CC2. The Kier molecular flexibility index (Phi) is 8.60. The molecule has 3 aromatic rings. The molecule has 0 saturated heterocycles. The van der Waals surface area contributed by atoms with Crippen molar-refractivity contribution in [2.45, 2.75) is 30.4 Å². The summed E-state index contributed by atoms with van der Waals surface area (Å²) in [4.78, 5) is 41.8. The number of carbonyl (C=O) groups excluding carboxylic acids is 1. The van der Waals surface area contributed by atoms with Crippen molar-refractivity contribution in [3.63, 3.8) is 0 Å². The molecule has 3 aromatic carbocycles. The van der Waals surface area contributed by atoms with E-state index in [-0.39, 0.29) is 17.9 Å². The normalized spacial score (nSPS) is 13.8. The van der Waals surface area contributed by atoms with E-state index in [4.69, 9.17) is 14.2 Å². The fraction of sp³-hybridized carbons (Fsp3) is 0.286. The number of benzene rings is 2. The number of nitrogens with one attached hydrogen (secondary N) is 1. The summed E-state index contributed by atoms with van der Waals surface area (Å²) in [5.74, 6) is 1.10. The Morgan fingerprint density at radius 3 is 2.38 bits per heavy atom. The van der Waals surface area contributed by atoms with Gasteiger partial charge in [-0.2, -0.15) is 0 Å². The van der Waals surface area contributed by atoms with E-state index in [1.54, 1.807) is 50.6 Å². The van der Waals surface area contributed by atoms with E-state index in [1.165, 1.54) is 18.9 Å². The zero-order valence-corrected chi connectivity index (χ0v) is 22.8. The largest absolute Gasteiger partial charge is 0.493 e. The highest BCUT2D eigenvalue weighted by atomic mass is 32.2. The molecule has 11 heteroatoms. The number of aryl methyl sites for hydroxylation is 1. The monoisotopic (exact) mass is 552 g/mol. The van der Waals surface area contributed by atoms with Gasteiger partial charge in [0.2, 0.25) is 5.75 Å². The third kappa shape index (κ3) is 5.78. The number of hydrogen-bond donors (Lipinski definition) is 1. The van der Waals surface area contributed by atoms with Crippen LogP contribution >= 0.6 is 11.8 Å². The van der Waals surface area contributed by atoms with Crippen molar-refractivity contribution in [1.82, 2.24) is 5.32 Å². The molecule has 0 bridgehead atoms. The second kappa shape index (κ2) is 12.1. The lowest BCUT2D eigenvalue weighted by Crippen LogP contribution is -2.29. The fourth-order valence-electron chi connectivity index (χ4n) is 4.74. The van der Waals surface area contributed by atoms with Gasteiger partial charge in [0.05, 0.1) is 32.3 Å². The lowest BCUT2D eigenvalue weighted by atomic mass is 9.95. The van der Waals surface area contributed by atoms with Gasteiger partial charge in [-0.15, -0.1) is 21.9 Å². The van der Waals surface area contributed by atoms with E-state index in [9.17, 15) is 19.7 Å². The minimum absolute atomic E-state index is 0.152. The smallest absolute Gasteiger partial charge is 0.294 e. The Labute approximate surface area is 229 Å². The second-order valence-corrected chi connectivity index (χ2v) is 9.57. The predicted octanol–water partition coefficient (Wildman–Crippen LogP) is 4.59. The van der Waals surface area contributed by atoms with Gasteiger partial charge in [0, 0.05) is 11.1 Å². The molecule has 1 amide bonds. The second-order valence-electron chi connectivity index (χ2n) is 8.72. The number of fused-ring (bicyclic) bond motifs is 3. The van der Waals surface area contributed by atoms with Gasteiger partial charge in [0.15, 0.2) is 16.9 Å². The van der Waals surface area contributed by atoms with Gasteiger partial charge in [-0.25, -0.2) is 0 Å². The third-order valence-electron chi connectivity index (χ3n) is 6.58. The number of thioether (sulfide) groups is 1. The first-order valence-electron chi connectivity index (χ1n) is 12.0. The Morgan fingerprint density at radius 2 is 1.77 bits per heavy atom. The number of nitrogens with zero attached hydrogens (tertiary/aromatic N) is 1. The van der Waals surface area contributed by atoms with E-state index in [1.807, 2.05) is 18.4 Å². The summed E-state index contributed by atoms with van der Waals surface area (Å²) in [6.07, 6.45) is 2.91. The molecule has 0 fully saturated rings. The minimum Gasteiger partial charge on any atom is -0.493 e. The van der Waals surface area contributed by atoms with Crippen LogP contribution in [0.3, 0.4) is 0 Å². The van der Waals surface area contributed by atoms with Crippen LogP contribution in [0.1, 0.15) is 39.5 Å². The summed E-state index contributed by atoms with van der Waals surface area (Å²) >= 11 is 1.35. The van der Waals surface area contributed by atoms with Gasteiger partial charge in [0.1, 0.15) is 6.61 Å². The minimum atomic E-state index is -0.866. The maximum Gasteiger partial charge on any atom is 0.294 e. The molecule has 1 aliphatic rings. The van der Waals surface area contributed by atoms with Crippen LogP contribution in [0.4, 0.5) is 0 Å². The molecule has 0 unspecified atom stereocenters. The fourth-order valence-corrected chi connectivity index (χ4v) is 5.20. The molecule has 1 N–H and O–H groups in total. The van der Waals surface area contributed by atoms with Gasteiger partial charge < -0.3 is 24.4 Å². The zero-order valence-electron chi connectivity index (χ0n) is 21.9. The highest BCUT2D eigenvalue weighted by molar-refractivity contribution is 7.98. The average molecular weight is 553 g/mol. The zero-order chi connectivity index (χ0) is 28.1. The van der Waals surface area contributed by atoms with Crippen LogP contribution in [0.25, 0.3) is 11.1 Å². The summed E-state index contributed by atoms with van der Waals surface area (Å²) < 4.78 is 17.0. The quantitative estimate of drug-likeness (QED) is 0.230. The highest BCUT2D eigenvalue weighted by Crippen LogP contribution is 2.50. The number of hydrogen-bond acceptors (Lipinski definition) is 9. The molecule has 204 valence electrons. The van der Waals surface area contributed by atoms with Crippen LogP contribution in [0.5, 0.6) is 17.2 Å². The molecule has 0 radical (unpaired) electrons. The van der Waals surface area contributed by atoms with Gasteiger partial charge in [0.25, 0.3) is 11.0 Å². The summed E-state index contributed by atoms with van der Waals surface area (Å²) in [5.41, 5.74) is 3.89.